The second-order valence-electron chi connectivity index (χ2n) is 9.17. The molecule has 1 aliphatic carbocycles. The van der Waals surface area contributed by atoms with E-state index in [-0.39, 0.29) is 0 Å². The Bertz CT molecular complexity index is 1700. The average molecular weight is 433 g/mol. The maximum atomic E-state index is 2.42. The molecule has 0 saturated heterocycles. The molecule has 7 rings (SSSR count). The molecule has 0 atom stereocenters. The summed E-state index contributed by atoms with van der Waals surface area (Å²) in [5.74, 6) is 0. The van der Waals surface area contributed by atoms with Gasteiger partial charge in [-0.3, -0.25) is 0 Å². The molecule has 0 aromatic heterocycles. The molecule has 0 aliphatic heterocycles. The van der Waals surface area contributed by atoms with E-state index in [1.54, 1.807) is 0 Å². The smallest absolute Gasteiger partial charge is 0.000741 e. The summed E-state index contributed by atoms with van der Waals surface area (Å²) >= 11 is 0. The molecule has 0 spiro atoms. The molecule has 160 valence electrons. The van der Waals surface area contributed by atoms with Crippen molar-refractivity contribution in [3.05, 3.63) is 121 Å². The molecule has 0 radical (unpaired) electrons. The van der Waals surface area contributed by atoms with E-state index in [1.165, 1.54) is 71.6 Å². The average Bonchev–Trinajstić information content (AvgIpc) is 3.23. The Morgan fingerprint density at radius 3 is 1.59 bits per heavy atom. The SMILES string of the molecule is CCc1ccc2c(-c3ccccc3)c3c(c(-c4ccccc4)c2c1)-c1cccc2cccc-3c12. The fourth-order valence-electron chi connectivity index (χ4n) is 5.86. The van der Waals surface area contributed by atoms with Crippen LogP contribution in [0.2, 0.25) is 0 Å². The first-order valence-electron chi connectivity index (χ1n) is 12.1. The molecular weight excluding hydrogens is 408 g/mol. The van der Waals surface area contributed by atoms with E-state index in [2.05, 4.69) is 122 Å². The highest BCUT2D eigenvalue weighted by molar-refractivity contribution is 6.27. The zero-order chi connectivity index (χ0) is 22.6. The van der Waals surface area contributed by atoms with Gasteiger partial charge in [-0.1, -0.05) is 122 Å². The van der Waals surface area contributed by atoms with E-state index in [0.717, 1.165) is 6.42 Å². The van der Waals surface area contributed by atoms with Crippen LogP contribution in [0.15, 0.2) is 115 Å². The van der Waals surface area contributed by atoms with Gasteiger partial charge in [0.05, 0.1) is 0 Å². The number of benzene rings is 6. The lowest BCUT2D eigenvalue weighted by Gasteiger charge is -2.21. The van der Waals surface area contributed by atoms with Crippen molar-refractivity contribution < 1.29 is 0 Å². The van der Waals surface area contributed by atoms with Gasteiger partial charge in [0.25, 0.3) is 0 Å². The van der Waals surface area contributed by atoms with E-state index in [9.17, 15) is 0 Å². The molecule has 0 saturated carbocycles. The minimum atomic E-state index is 1.03. The van der Waals surface area contributed by atoms with E-state index in [1.807, 2.05) is 0 Å². The Labute approximate surface area is 200 Å². The van der Waals surface area contributed by atoms with Gasteiger partial charge in [0.15, 0.2) is 0 Å². The number of rotatable bonds is 3. The summed E-state index contributed by atoms with van der Waals surface area (Å²) in [4.78, 5) is 0. The third-order valence-corrected chi connectivity index (χ3v) is 7.35. The van der Waals surface area contributed by atoms with Crippen molar-refractivity contribution in [1.82, 2.24) is 0 Å². The van der Waals surface area contributed by atoms with E-state index < -0.39 is 0 Å². The highest BCUT2D eigenvalue weighted by Gasteiger charge is 2.30. The second kappa shape index (κ2) is 7.43. The number of hydrogen-bond donors (Lipinski definition) is 0. The van der Waals surface area contributed by atoms with Crippen LogP contribution in [0.25, 0.3) is 66.1 Å². The highest BCUT2D eigenvalue weighted by atomic mass is 14.3. The largest absolute Gasteiger partial charge is 0.0622 e. The van der Waals surface area contributed by atoms with Crippen molar-refractivity contribution in [2.45, 2.75) is 13.3 Å². The van der Waals surface area contributed by atoms with E-state index in [4.69, 9.17) is 0 Å². The maximum Gasteiger partial charge on any atom is -0.000741 e. The number of hydrogen-bond acceptors (Lipinski definition) is 0. The van der Waals surface area contributed by atoms with Crippen LogP contribution in [0.1, 0.15) is 12.5 Å². The molecule has 0 fully saturated rings. The first-order valence-corrected chi connectivity index (χ1v) is 12.1. The van der Waals surface area contributed by atoms with Crippen molar-refractivity contribution in [3.63, 3.8) is 0 Å². The molecule has 0 amide bonds. The third kappa shape index (κ3) is 2.66. The Balaban J connectivity index is 1.77. The third-order valence-electron chi connectivity index (χ3n) is 7.35. The first-order chi connectivity index (χ1) is 16.8. The van der Waals surface area contributed by atoms with Crippen LogP contribution >= 0.6 is 0 Å². The normalized spacial score (nSPS) is 11.8. The van der Waals surface area contributed by atoms with Crippen molar-refractivity contribution in [2.75, 3.05) is 0 Å². The van der Waals surface area contributed by atoms with Gasteiger partial charge in [-0.05, 0) is 78.0 Å². The topological polar surface area (TPSA) is 0 Å². The Kier molecular flexibility index (Phi) is 4.22. The van der Waals surface area contributed by atoms with Crippen LogP contribution in [0.4, 0.5) is 0 Å². The Morgan fingerprint density at radius 1 is 0.471 bits per heavy atom. The van der Waals surface area contributed by atoms with Gasteiger partial charge in [0.1, 0.15) is 0 Å². The van der Waals surface area contributed by atoms with Gasteiger partial charge in [0.2, 0.25) is 0 Å². The van der Waals surface area contributed by atoms with Crippen LogP contribution in [-0.2, 0) is 6.42 Å². The number of fused-ring (bicyclic) bond motifs is 4. The summed E-state index contributed by atoms with van der Waals surface area (Å²) in [7, 11) is 0. The second-order valence-corrected chi connectivity index (χ2v) is 9.17. The molecule has 0 heterocycles. The Hall–Kier alpha value is -4.16. The molecular formula is C34H24. The van der Waals surface area contributed by atoms with Gasteiger partial charge in [-0.25, -0.2) is 0 Å². The Morgan fingerprint density at radius 2 is 1.03 bits per heavy atom. The van der Waals surface area contributed by atoms with Gasteiger partial charge in [0, 0.05) is 0 Å². The molecule has 0 N–H and O–H groups in total. The molecule has 0 bridgehead atoms. The van der Waals surface area contributed by atoms with Crippen LogP contribution in [-0.4, -0.2) is 0 Å². The van der Waals surface area contributed by atoms with Crippen LogP contribution in [0, 0.1) is 0 Å². The fraction of sp³-hybridized carbons (Fsp3) is 0.0588. The molecule has 0 heteroatoms. The van der Waals surface area contributed by atoms with Crippen LogP contribution in [0.5, 0.6) is 0 Å². The lowest BCUT2D eigenvalue weighted by Crippen LogP contribution is -1.94. The summed E-state index contributed by atoms with van der Waals surface area (Å²) in [5.41, 5.74) is 12.1. The molecule has 1 aliphatic rings. The van der Waals surface area contributed by atoms with E-state index in [0.29, 0.717) is 0 Å². The summed E-state index contributed by atoms with van der Waals surface area (Å²) in [5, 5.41) is 5.35. The van der Waals surface area contributed by atoms with Crippen LogP contribution < -0.4 is 0 Å². The zero-order valence-corrected chi connectivity index (χ0v) is 19.2. The van der Waals surface area contributed by atoms with E-state index >= 15 is 0 Å². The minimum Gasteiger partial charge on any atom is -0.0622 e. The molecule has 34 heavy (non-hydrogen) atoms. The molecule has 6 aromatic rings. The lowest BCUT2D eigenvalue weighted by atomic mass is 9.82. The van der Waals surface area contributed by atoms with Gasteiger partial charge in [-0.2, -0.15) is 0 Å². The van der Waals surface area contributed by atoms with Crippen molar-refractivity contribution in [1.29, 1.82) is 0 Å². The monoisotopic (exact) mass is 432 g/mol. The quantitative estimate of drug-likeness (QED) is 0.261. The number of aryl methyl sites for hydroxylation is 1. The first kappa shape index (κ1) is 19.3. The zero-order valence-electron chi connectivity index (χ0n) is 19.2. The van der Waals surface area contributed by atoms with Crippen molar-refractivity contribution >= 4 is 21.5 Å². The standard InChI is InChI=1S/C34H24/c1-2-22-19-20-26-29(21-22)32(25-13-7-4-8-14-25)34-28-18-10-16-23-15-9-17-27(30(23)28)33(34)31(26)24-11-5-3-6-12-24/h3-21H,2H2,1H3. The molecule has 6 aromatic carbocycles. The van der Waals surface area contributed by atoms with Crippen LogP contribution in [0.3, 0.4) is 0 Å². The minimum absolute atomic E-state index is 1.03. The molecule has 0 nitrogen and oxygen atoms in total. The summed E-state index contributed by atoms with van der Waals surface area (Å²) < 4.78 is 0. The maximum absolute atomic E-state index is 2.42. The molecule has 0 unspecified atom stereocenters. The lowest BCUT2D eigenvalue weighted by molar-refractivity contribution is 1.15. The van der Waals surface area contributed by atoms with Crippen molar-refractivity contribution in [3.8, 4) is 44.5 Å². The summed E-state index contributed by atoms with van der Waals surface area (Å²) in [6, 6.07) is 42.5. The predicted octanol–water partition coefficient (Wildman–Crippen LogP) is 9.54. The highest BCUT2D eigenvalue weighted by Crippen LogP contribution is 2.57. The fourth-order valence-corrected chi connectivity index (χ4v) is 5.86. The van der Waals surface area contributed by atoms with Gasteiger partial charge < -0.3 is 0 Å². The predicted molar refractivity (Wildman–Crippen MR) is 146 cm³/mol. The summed E-state index contributed by atoms with van der Waals surface area (Å²) in [6.45, 7) is 2.24. The summed E-state index contributed by atoms with van der Waals surface area (Å²) in [6.07, 6.45) is 1.03. The van der Waals surface area contributed by atoms with Crippen molar-refractivity contribution in [2.24, 2.45) is 0 Å². The van der Waals surface area contributed by atoms with Gasteiger partial charge in [-0.15, -0.1) is 0 Å². The van der Waals surface area contributed by atoms with Gasteiger partial charge >= 0.3 is 0 Å².